The Morgan fingerprint density at radius 1 is 1.40 bits per heavy atom. The van der Waals surface area contributed by atoms with Gasteiger partial charge in [0, 0.05) is 35.0 Å². The van der Waals surface area contributed by atoms with Gasteiger partial charge in [0.1, 0.15) is 12.0 Å². The molecule has 2 unspecified atom stereocenters. The van der Waals surface area contributed by atoms with E-state index in [4.69, 9.17) is 11.6 Å². The molecule has 0 radical (unpaired) electrons. The van der Waals surface area contributed by atoms with Crippen molar-refractivity contribution < 1.29 is 23.1 Å². The van der Waals surface area contributed by atoms with E-state index in [1.807, 2.05) is 0 Å². The van der Waals surface area contributed by atoms with Gasteiger partial charge in [-0.25, -0.2) is 4.98 Å². The minimum atomic E-state index is -4.43. The molecule has 1 aliphatic rings. The van der Waals surface area contributed by atoms with Crippen molar-refractivity contribution in [2.45, 2.75) is 12.6 Å². The van der Waals surface area contributed by atoms with Crippen LogP contribution < -0.4 is 4.90 Å². The van der Waals surface area contributed by atoms with Crippen LogP contribution in [0.4, 0.5) is 18.3 Å². The normalized spacial score (nSPS) is 21.4. The third-order valence-corrected chi connectivity index (χ3v) is 5.40. The molecule has 0 amide bonds. The van der Waals surface area contributed by atoms with E-state index in [-0.39, 0.29) is 18.7 Å². The zero-order valence-electron chi connectivity index (χ0n) is 12.8. The SMILES string of the molecule is O=CC1CCN(c2nc(-c3cc(Cl)ccc3O)cs2)CC1C(F)(F)F. The van der Waals surface area contributed by atoms with Crippen molar-refractivity contribution in [1.82, 2.24) is 4.98 Å². The maximum atomic E-state index is 13.2. The summed E-state index contributed by atoms with van der Waals surface area (Å²) >= 11 is 7.11. The molecule has 4 nitrogen and oxygen atoms in total. The number of aromatic hydroxyl groups is 1. The Hall–Kier alpha value is -1.80. The molecule has 2 atom stereocenters. The van der Waals surface area contributed by atoms with Crippen LogP contribution in [-0.2, 0) is 4.79 Å². The lowest BCUT2D eigenvalue weighted by Crippen LogP contribution is -2.47. The monoisotopic (exact) mass is 390 g/mol. The lowest BCUT2D eigenvalue weighted by Gasteiger charge is -2.37. The number of rotatable bonds is 3. The van der Waals surface area contributed by atoms with E-state index in [0.29, 0.717) is 34.2 Å². The Bertz CT molecular complexity index is 781. The summed E-state index contributed by atoms with van der Waals surface area (Å²) in [5.74, 6) is -2.73. The summed E-state index contributed by atoms with van der Waals surface area (Å²) in [5.41, 5.74) is 0.867. The van der Waals surface area contributed by atoms with Crippen LogP contribution in [0.25, 0.3) is 11.3 Å². The number of phenolic OH excluding ortho intramolecular Hbond substituents is 1. The number of alkyl halides is 3. The first-order valence-electron chi connectivity index (χ1n) is 7.51. The standard InChI is InChI=1S/C16H14ClF3N2O2S/c17-10-1-2-14(24)11(5-10)13-8-25-15(21-13)22-4-3-9(7-23)12(6-22)16(18,19)20/h1-2,5,7-9,12,24H,3-4,6H2. The number of hydrogen-bond donors (Lipinski definition) is 1. The van der Waals surface area contributed by atoms with Gasteiger partial charge in [0.25, 0.3) is 0 Å². The number of phenols is 1. The molecular formula is C16H14ClF3N2O2S. The van der Waals surface area contributed by atoms with Crippen LogP contribution in [-0.4, -0.2) is 35.6 Å². The predicted molar refractivity (Wildman–Crippen MR) is 90.2 cm³/mol. The van der Waals surface area contributed by atoms with Gasteiger partial charge in [0.05, 0.1) is 11.6 Å². The van der Waals surface area contributed by atoms with Gasteiger partial charge in [-0.3, -0.25) is 0 Å². The molecular weight excluding hydrogens is 377 g/mol. The third-order valence-electron chi connectivity index (χ3n) is 4.26. The van der Waals surface area contributed by atoms with E-state index >= 15 is 0 Å². The van der Waals surface area contributed by atoms with Crippen LogP contribution in [0.1, 0.15) is 6.42 Å². The molecule has 25 heavy (non-hydrogen) atoms. The van der Waals surface area contributed by atoms with Gasteiger partial charge in [0.2, 0.25) is 0 Å². The highest BCUT2D eigenvalue weighted by Crippen LogP contribution is 2.40. The molecule has 3 rings (SSSR count). The second-order valence-electron chi connectivity index (χ2n) is 5.86. The lowest BCUT2D eigenvalue weighted by molar-refractivity contribution is -0.188. The highest BCUT2D eigenvalue weighted by atomic mass is 35.5. The Labute approximate surface area is 150 Å². The second-order valence-corrected chi connectivity index (χ2v) is 7.13. The van der Waals surface area contributed by atoms with Gasteiger partial charge in [-0.2, -0.15) is 13.2 Å². The first-order chi connectivity index (χ1) is 11.8. The smallest absolute Gasteiger partial charge is 0.394 e. The zero-order valence-corrected chi connectivity index (χ0v) is 14.4. The number of thiazole rings is 1. The van der Waals surface area contributed by atoms with Gasteiger partial charge in [0.15, 0.2) is 5.13 Å². The second kappa shape index (κ2) is 6.84. The molecule has 2 heterocycles. The van der Waals surface area contributed by atoms with Gasteiger partial charge >= 0.3 is 6.18 Å². The van der Waals surface area contributed by atoms with Crippen molar-refractivity contribution >= 4 is 34.4 Å². The van der Waals surface area contributed by atoms with Crippen LogP contribution in [0.3, 0.4) is 0 Å². The van der Waals surface area contributed by atoms with E-state index < -0.39 is 18.0 Å². The van der Waals surface area contributed by atoms with Crippen LogP contribution in [0.15, 0.2) is 23.6 Å². The molecule has 9 heteroatoms. The predicted octanol–water partition coefficient (Wildman–Crippen LogP) is 4.37. The highest BCUT2D eigenvalue weighted by Gasteiger charge is 2.47. The van der Waals surface area contributed by atoms with Crippen molar-refractivity contribution in [3.05, 3.63) is 28.6 Å². The maximum absolute atomic E-state index is 13.2. The number of carbonyl (C=O) groups excluding carboxylic acids is 1. The van der Waals surface area contributed by atoms with E-state index in [2.05, 4.69) is 4.98 Å². The van der Waals surface area contributed by atoms with Gasteiger partial charge in [-0.05, 0) is 24.6 Å². The molecule has 0 saturated carbocycles. The minimum absolute atomic E-state index is 0.00548. The number of halogens is 4. The summed E-state index contributed by atoms with van der Waals surface area (Å²) < 4.78 is 39.6. The molecule has 1 N–H and O–H groups in total. The fraction of sp³-hybridized carbons (Fsp3) is 0.375. The summed E-state index contributed by atoms with van der Waals surface area (Å²) in [4.78, 5) is 16.8. The van der Waals surface area contributed by atoms with Crippen LogP contribution in [0, 0.1) is 11.8 Å². The molecule has 1 aliphatic heterocycles. The van der Waals surface area contributed by atoms with Gasteiger partial charge < -0.3 is 14.8 Å². The Balaban J connectivity index is 1.85. The van der Waals surface area contributed by atoms with Crippen LogP contribution >= 0.6 is 22.9 Å². The van der Waals surface area contributed by atoms with Crippen LogP contribution in [0.5, 0.6) is 5.75 Å². The highest BCUT2D eigenvalue weighted by molar-refractivity contribution is 7.14. The van der Waals surface area contributed by atoms with Crippen molar-refractivity contribution in [3.63, 3.8) is 0 Å². The van der Waals surface area contributed by atoms with Crippen molar-refractivity contribution in [1.29, 1.82) is 0 Å². The maximum Gasteiger partial charge on any atom is 0.394 e. The summed E-state index contributed by atoms with van der Waals surface area (Å²) in [6, 6.07) is 4.52. The van der Waals surface area contributed by atoms with Crippen molar-refractivity contribution in [2.75, 3.05) is 18.0 Å². The summed E-state index contributed by atoms with van der Waals surface area (Å²) in [7, 11) is 0. The number of anilines is 1. The molecule has 1 aromatic heterocycles. The Morgan fingerprint density at radius 2 is 2.16 bits per heavy atom. The summed E-state index contributed by atoms with van der Waals surface area (Å²) in [6.45, 7) is 0.0197. The average molecular weight is 391 g/mol. The van der Waals surface area contributed by atoms with E-state index in [0.717, 1.165) is 0 Å². The number of piperidine rings is 1. The van der Waals surface area contributed by atoms with E-state index in [9.17, 15) is 23.1 Å². The number of aromatic nitrogens is 1. The molecule has 134 valence electrons. The molecule has 0 aliphatic carbocycles. The van der Waals surface area contributed by atoms with E-state index in [1.165, 1.54) is 28.4 Å². The molecule has 0 spiro atoms. The topological polar surface area (TPSA) is 53.4 Å². The van der Waals surface area contributed by atoms with Crippen molar-refractivity contribution in [3.8, 4) is 17.0 Å². The van der Waals surface area contributed by atoms with Gasteiger partial charge in [-0.15, -0.1) is 11.3 Å². The number of carbonyl (C=O) groups is 1. The molecule has 0 bridgehead atoms. The molecule has 1 aromatic carbocycles. The quantitative estimate of drug-likeness (QED) is 0.790. The fourth-order valence-electron chi connectivity index (χ4n) is 2.90. The fourth-order valence-corrected chi connectivity index (χ4v) is 3.93. The first-order valence-corrected chi connectivity index (χ1v) is 8.76. The first kappa shape index (κ1) is 18.0. The lowest BCUT2D eigenvalue weighted by atomic mass is 9.86. The largest absolute Gasteiger partial charge is 0.507 e. The Kier molecular flexibility index (Phi) is 4.92. The number of nitrogens with zero attached hydrogens (tertiary/aromatic N) is 2. The van der Waals surface area contributed by atoms with Gasteiger partial charge in [-0.1, -0.05) is 11.6 Å². The number of hydrogen-bond acceptors (Lipinski definition) is 5. The molecule has 1 fully saturated rings. The zero-order chi connectivity index (χ0) is 18.2. The van der Waals surface area contributed by atoms with E-state index in [1.54, 1.807) is 11.4 Å². The number of aldehydes is 1. The van der Waals surface area contributed by atoms with Crippen LogP contribution in [0.2, 0.25) is 5.02 Å². The average Bonchev–Trinajstić information content (AvgIpc) is 3.05. The molecule has 2 aromatic rings. The molecule has 1 saturated heterocycles. The summed E-state index contributed by atoms with van der Waals surface area (Å²) in [6.07, 6.45) is -3.91. The van der Waals surface area contributed by atoms with Crippen molar-refractivity contribution in [2.24, 2.45) is 11.8 Å². The Morgan fingerprint density at radius 3 is 2.84 bits per heavy atom. The minimum Gasteiger partial charge on any atom is -0.507 e. The third kappa shape index (κ3) is 3.74. The number of benzene rings is 1. The summed E-state index contributed by atoms with van der Waals surface area (Å²) in [5, 5.41) is 12.4.